The lowest BCUT2D eigenvalue weighted by Gasteiger charge is -2.31. The fourth-order valence-corrected chi connectivity index (χ4v) is 3.84. The van der Waals surface area contributed by atoms with Gasteiger partial charge in [0.15, 0.2) is 0 Å². The number of carboxylic acid groups (broad SMARTS) is 1. The first-order chi connectivity index (χ1) is 13.1. The van der Waals surface area contributed by atoms with Gasteiger partial charge in [0, 0.05) is 28.1 Å². The van der Waals surface area contributed by atoms with Crippen molar-refractivity contribution in [3.05, 3.63) is 69.2 Å². The van der Waals surface area contributed by atoms with Gasteiger partial charge >= 0.3 is 12.1 Å². The molecule has 1 heterocycles. The Hall–Kier alpha value is -2.18. The predicted molar refractivity (Wildman–Crippen MR) is 101 cm³/mol. The van der Waals surface area contributed by atoms with Crippen LogP contribution in [0.15, 0.2) is 42.5 Å². The fraction of sp³-hybridized carbons (Fsp3) is 0.250. The van der Waals surface area contributed by atoms with E-state index in [-0.39, 0.29) is 21.4 Å². The molecule has 28 heavy (non-hydrogen) atoms. The zero-order valence-electron chi connectivity index (χ0n) is 14.6. The molecule has 1 unspecified atom stereocenters. The van der Waals surface area contributed by atoms with Crippen LogP contribution in [0.4, 0.5) is 13.2 Å². The zero-order chi connectivity index (χ0) is 20.7. The Morgan fingerprint density at radius 3 is 2.39 bits per heavy atom. The monoisotopic (exact) mass is 430 g/mol. The van der Waals surface area contributed by atoms with E-state index in [1.165, 1.54) is 30.3 Å². The molecule has 148 valence electrons. The van der Waals surface area contributed by atoms with E-state index in [1.807, 2.05) is 0 Å². The van der Waals surface area contributed by atoms with Crippen molar-refractivity contribution in [3.63, 3.8) is 0 Å². The average Bonchev–Trinajstić information content (AvgIpc) is 2.98. The average molecular weight is 431 g/mol. The van der Waals surface area contributed by atoms with Crippen LogP contribution in [0, 0.1) is 0 Å². The Labute approximate surface area is 169 Å². The Kier molecular flexibility index (Phi) is 5.38. The molecule has 1 aliphatic rings. The van der Waals surface area contributed by atoms with Gasteiger partial charge in [0.25, 0.3) is 0 Å². The number of alkyl halides is 3. The molecule has 0 aliphatic carbocycles. The molecule has 0 saturated heterocycles. The van der Waals surface area contributed by atoms with E-state index >= 15 is 0 Å². The fourth-order valence-electron chi connectivity index (χ4n) is 3.32. The summed E-state index contributed by atoms with van der Waals surface area (Å²) in [7, 11) is 0. The summed E-state index contributed by atoms with van der Waals surface area (Å²) in [6.45, 7) is 1.77. The summed E-state index contributed by atoms with van der Waals surface area (Å²) in [5.41, 5.74) is -1.44. The summed E-state index contributed by atoms with van der Waals surface area (Å²) in [5, 5.41) is 9.13. The quantitative estimate of drug-likeness (QED) is 0.581. The highest BCUT2D eigenvalue weighted by molar-refractivity contribution is 6.34. The highest BCUT2D eigenvalue weighted by Crippen LogP contribution is 2.52. The van der Waals surface area contributed by atoms with Crippen LogP contribution >= 0.6 is 23.2 Å². The number of aliphatic carboxylic acids is 1. The van der Waals surface area contributed by atoms with Gasteiger partial charge in [-0.15, -0.1) is 0 Å². The van der Waals surface area contributed by atoms with Crippen LogP contribution in [0.1, 0.15) is 30.0 Å². The lowest BCUT2D eigenvalue weighted by atomic mass is 9.87. The van der Waals surface area contributed by atoms with E-state index in [4.69, 9.17) is 33.0 Å². The standard InChI is InChI=1S/C20H15Cl2F3O3/c1-2-11(6-18(26)27)12-3-4-17-13(5-12)10-19(28-17,20(23,24)25)14-7-15(21)9-16(22)8-14/h3-9H,2,10H2,1H3,(H,26,27)/b11-6-. The molecule has 2 aromatic carbocycles. The molecule has 0 radical (unpaired) electrons. The highest BCUT2D eigenvalue weighted by Gasteiger charge is 2.61. The molecule has 3 rings (SSSR count). The molecule has 8 heteroatoms. The van der Waals surface area contributed by atoms with Gasteiger partial charge in [-0.1, -0.05) is 36.2 Å². The van der Waals surface area contributed by atoms with Gasteiger partial charge in [-0.05, 0) is 53.5 Å². The number of benzene rings is 2. The molecular weight excluding hydrogens is 416 g/mol. The number of ether oxygens (including phenoxy) is 1. The maximum absolute atomic E-state index is 14.1. The van der Waals surface area contributed by atoms with Crippen molar-refractivity contribution >= 4 is 34.7 Å². The molecule has 0 fully saturated rings. The maximum atomic E-state index is 14.1. The van der Waals surface area contributed by atoms with Gasteiger partial charge in [0.1, 0.15) is 5.75 Å². The van der Waals surface area contributed by atoms with Gasteiger partial charge in [-0.2, -0.15) is 13.2 Å². The minimum atomic E-state index is -4.73. The normalized spacial score (nSPS) is 19.3. The Bertz CT molecular complexity index is 949. The van der Waals surface area contributed by atoms with Crippen LogP contribution < -0.4 is 4.74 Å². The summed E-state index contributed by atoms with van der Waals surface area (Å²) in [5.74, 6) is -1.03. The van der Waals surface area contributed by atoms with E-state index in [1.54, 1.807) is 13.0 Å². The smallest absolute Gasteiger partial charge is 0.432 e. The predicted octanol–water partition coefficient (Wildman–Crippen LogP) is 6.26. The first-order valence-corrected chi connectivity index (χ1v) is 9.10. The zero-order valence-corrected chi connectivity index (χ0v) is 16.1. The van der Waals surface area contributed by atoms with Crippen molar-refractivity contribution in [1.82, 2.24) is 0 Å². The number of hydrogen-bond acceptors (Lipinski definition) is 2. The third-order valence-corrected chi connectivity index (χ3v) is 5.06. The van der Waals surface area contributed by atoms with Gasteiger partial charge in [-0.25, -0.2) is 4.79 Å². The topological polar surface area (TPSA) is 46.5 Å². The van der Waals surface area contributed by atoms with Crippen molar-refractivity contribution in [1.29, 1.82) is 0 Å². The van der Waals surface area contributed by atoms with E-state index in [0.717, 1.165) is 6.08 Å². The van der Waals surface area contributed by atoms with Crippen LogP contribution in [0.5, 0.6) is 5.75 Å². The summed E-state index contributed by atoms with van der Waals surface area (Å²) in [6, 6.07) is 8.24. The molecule has 0 spiro atoms. The maximum Gasteiger partial charge on any atom is 0.432 e. The third-order valence-electron chi connectivity index (χ3n) is 4.62. The lowest BCUT2D eigenvalue weighted by molar-refractivity contribution is -0.248. The SMILES string of the molecule is CC/C(=C/C(=O)O)c1ccc2c(c1)CC(c1cc(Cl)cc(Cl)c1)(C(F)(F)F)O2. The summed E-state index contributed by atoms with van der Waals surface area (Å²) < 4.78 is 47.8. The molecule has 0 aromatic heterocycles. The van der Waals surface area contributed by atoms with Crippen molar-refractivity contribution < 1.29 is 27.8 Å². The molecule has 2 aromatic rings. The minimum Gasteiger partial charge on any atom is -0.478 e. The summed E-state index contributed by atoms with van der Waals surface area (Å²) in [4.78, 5) is 11.0. The Balaban J connectivity index is 2.10. The van der Waals surface area contributed by atoms with E-state index < -0.39 is 24.2 Å². The number of carbonyl (C=O) groups is 1. The first kappa shape index (κ1) is 20.6. The van der Waals surface area contributed by atoms with Crippen molar-refractivity contribution in [2.24, 2.45) is 0 Å². The number of fused-ring (bicyclic) bond motifs is 1. The molecule has 0 bridgehead atoms. The number of carboxylic acids is 1. The molecule has 1 N–H and O–H groups in total. The summed E-state index contributed by atoms with van der Waals surface area (Å²) in [6.07, 6.45) is -3.74. The second-order valence-electron chi connectivity index (χ2n) is 6.45. The molecule has 0 saturated carbocycles. The summed E-state index contributed by atoms with van der Waals surface area (Å²) >= 11 is 11.8. The first-order valence-electron chi connectivity index (χ1n) is 8.35. The number of allylic oxidation sites excluding steroid dienone is 1. The Morgan fingerprint density at radius 2 is 1.86 bits per heavy atom. The number of rotatable bonds is 4. The highest BCUT2D eigenvalue weighted by atomic mass is 35.5. The van der Waals surface area contributed by atoms with Gasteiger partial charge in [-0.3, -0.25) is 0 Å². The van der Waals surface area contributed by atoms with Crippen molar-refractivity contribution in [2.45, 2.75) is 31.5 Å². The van der Waals surface area contributed by atoms with E-state index in [9.17, 15) is 18.0 Å². The second-order valence-corrected chi connectivity index (χ2v) is 7.32. The number of hydrogen-bond donors (Lipinski definition) is 1. The molecular formula is C20H15Cl2F3O3. The lowest BCUT2D eigenvalue weighted by Crippen LogP contribution is -2.46. The van der Waals surface area contributed by atoms with Crippen molar-refractivity contribution in [2.75, 3.05) is 0 Å². The minimum absolute atomic E-state index is 0.0732. The van der Waals surface area contributed by atoms with Crippen LogP contribution in [0.3, 0.4) is 0 Å². The van der Waals surface area contributed by atoms with Gasteiger partial charge < -0.3 is 9.84 Å². The van der Waals surface area contributed by atoms with Gasteiger partial charge in [0.05, 0.1) is 0 Å². The van der Waals surface area contributed by atoms with Gasteiger partial charge in [0.2, 0.25) is 5.60 Å². The molecule has 0 amide bonds. The Morgan fingerprint density at radius 1 is 1.21 bits per heavy atom. The van der Waals surface area contributed by atoms with Crippen LogP contribution in [-0.2, 0) is 16.8 Å². The second kappa shape index (κ2) is 7.33. The van der Waals surface area contributed by atoms with Crippen LogP contribution in [0.2, 0.25) is 10.0 Å². The third kappa shape index (κ3) is 3.71. The molecule has 3 nitrogen and oxygen atoms in total. The largest absolute Gasteiger partial charge is 0.478 e. The van der Waals surface area contributed by atoms with Crippen LogP contribution in [0.25, 0.3) is 5.57 Å². The van der Waals surface area contributed by atoms with E-state index in [2.05, 4.69) is 0 Å². The molecule has 1 atom stereocenters. The molecule has 1 aliphatic heterocycles. The number of halogens is 5. The van der Waals surface area contributed by atoms with Crippen molar-refractivity contribution in [3.8, 4) is 5.75 Å². The van der Waals surface area contributed by atoms with Crippen LogP contribution in [-0.4, -0.2) is 17.3 Å². The van der Waals surface area contributed by atoms with E-state index in [0.29, 0.717) is 23.1 Å².